The van der Waals surface area contributed by atoms with E-state index in [1.54, 1.807) is 0 Å². The monoisotopic (exact) mass is 342 g/mol. The van der Waals surface area contributed by atoms with Crippen molar-refractivity contribution in [1.29, 1.82) is 0 Å². The third-order valence-corrected chi connectivity index (χ3v) is 4.04. The summed E-state index contributed by atoms with van der Waals surface area (Å²) in [6.07, 6.45) is -5.06. The normalized spacial score (nSPS) is 12.4. The first kappa shape index (κ1) is 19.1. The molecule has 0 saturated carbocycles. The number of rotatable bonds is 10. The predicted octanol–water partition coefficient (Wildman–Crippen LogP) is 5.56. The highest BCUT2D eigenvalue weighted by molar-refractivity contribution is 7.99. The van der Waals surface area contributed by atoms with Crippen molar-refractivity contribution in [1.82, 2.24) is 0 Å². The molecule has 0 radical (unpaired) electrons. The Morgan fingerprint density at radius 2 is 1.50 bits per heavy atom. The summed E-state index contributed by atoms with van der Waals surface area (Å²) in [4.78, 5) is 0. The van der Waals surface area contributed by atoms with E-state index in [0.29, 0.717) is 12.4 Å². The van der Waals surface area contributed by atoms with Crippen LogP contribution in [0, 0.1) is 0 Å². The van der Waals surface area contributed by atoms with Gasteiger partial charge in [-0.25, -0.2) is 0 Å². The summed E-state index contributed by atoms with van der Waals surface area (Å²) < 4.78 is 66.5. The fourth-order valence-corrected chi connectivity index (χ4v) is 2.61. The average molecular weight is 342 g/mol. The molecule has 0 aliphatic carbocycles. The molecule has 22 heavy (non-hydrogen) atoms. The van der Waals surface area contributed by atoms with Crippen LogP contribution in [0.25, 0.3) is 0 Å². The van der Waals surface area contributed by atoms with Gasteiger partial charge in [-0.1, -0.05) is 18.2 Å². The van der Waals surface area contributed by atoms with E-state index in [4.69, 9.17) is 4.74 Å². The molecule has 0 fully saturated rings. The second-order valence-electron chi connectivity index (χ2n) is 4.79. The number of para-hydroxylation sites is 1. The van der Waals surface area contributed by atoms with Gasteiger partial charge >= 0.3 is 12.1 Å². The summed E-state index contributed by atoms with van der Waals surface area (Å²) in [6, 6.07) is 9.36. The van der Waals surface area contributed by atoms with Crippen LogP contribution in [-0.4, -0.2) is 30.2 Å². The minimum atomic E-state index is -5.44. The molecule has 0 atom stereocenters. The lowest BCUT2D eigenvalue weighted by atomic mass is 10.2. The van der Waals surface area contributed by atoms with Crippen LogP contribution in [-0.2, 0) is 0 Å². The summed E-state index contributed by atoms with van der Waals surface area (Å²) in [5, 5.41) is 0. The molecule has 0 spiro atoms. The zero-order valence-corrected chi connectivity index (χ0v) is 12.9. The van der Waals surface area contributed by atoms with Crippen LogP contribution in [0.15, 0.2) is 30.3 Å². The van der Waals surface area contributed by atoms with E-state index >= 15 is 0 Å². The van der Waals surface area contributed by atoms with Gasteiger partial charge in [0.05, 0.1) is 6.61 Å². The van der Waals surface area contributed by atoms with Gasteiger partial charge in [0, 0.05) is 6.42 Å². The molecule has 0 bridgehead atoms. The Hall–Kier alpha value is -0.980. The molecular formula is C15H19F5OS. The van der Waals surface area contributed by atoms with Crippen LogP contribution < -0.4 is 4.74 Å². The first-order valence-electron chi connectivity index (χ1n) is 7.03. The fraction of sp³-hybridized carbons (Fsp3) is 0.600. The van der Waals surface area contributed by atoms with Crippen molar-refractivity contribution in [2.24, 2.45) is 0 Å². The Bertz CT molecular complexity index is 408. The molecule has 1 aromatic rings. The minimum Gasteiger partial charge on any atom is -0.494 e. The lowest BCUT2D eigenvalue weighted by Crippen LogP contribution is -2.36. The third kappa shape index (κ3) is 7.33. The Morgan fingerprint density at radius 1 is 0.864 bits per heavy atom. The van der Waals surface area contributed by atoms with Crippen molar-refractivity contribution in [3.05, 3.63) is 30.3 Å². The largest absolute Gasteiger partial charge is 0.494 e. The molecule has 0 aromatic heterocycles. The van der Waals surface area contributed by atoms with Gasteiger partial charge in [-0.3, -0.25) is 0 Å². The van der Waals surface area contributed by atoms with Crippen LogP contribution in [0.4, 0.5) is 22.0 Å². The van der Waals surface area contributed by atoms with Crippen LogP contribution in [0.2, 0.25) is 0 Å². The molecule has 0 aliphatic rings. The molecule has 126 valence electrons. The molecule has 0 aliphatic heterocycles. The molecule has 7 heteroatoms. The molecule has 0 unspecified atom stereocenters. The Labute approximate surface area is 131 Å². The highest BCUT2D eigenvalue weighted by atomic mass is 32.2. The second kappa shape index (κ2) is 9.22. The van der Waals surface area contributed by atoms with E-state index in [2.05, 4.69) is 0 Å². The smallest absolute Gasteiger partial charge is 0.453 e. The number of alkyl halides is 5. The minimum absolute atomic E-state index is 0.141. The second-order valence-corrected chi connectivity index (χ2v) is 6.01. The van der Waals surface area contributed by atoms with Gasteiger partial charge in [0.25, 0.3) is 0 Å². The maximum Gasteiger partial charge on any atom is 0.453 e. The molecule has 0 N–H and O–H groups in total. The summed E-state index contributed by atoms with van der Waals surface area (Å²) in [5.74, 6) is -2.73. The Balaban J connectivity index is 1.96. The Kier molecular flexibility index (Phi) is 8.00. The van der Waals surface area contributed by atoms with E-state index in [-0.39, 0.29) is 6.42 Å². The van der Waals surface area contributed by atoms with E-state index < -0.39 is 18.5 Å². The molecule has 0 amide bonds. The van der Waals surface area contributed by atoms with Crippen molar-refractivity contribution in [3.8, 4) is 5.75 Å². The van der Waals surface area contributed by atoms with Crippen molar-refractivity contribution in [3.63, 3.8) is 0 Å². The maximum absolute atomic E-state index is 12.6. The zero-order valence-electron chi connectivity index (χ0n) is 12.0. The number of unbranched alkanes of at least 4 members (excludes halogenated alkanes) is 1. The van der Waals surface area contributed by atoms with Crippen LogP contribution in [0.1, 0.15) is 25.7 Å². The number of hydrogen-bond acceptors (Lipinski definition) is 2. The predicted molar refractivity (Wildman–Crippen MR) is 78.7 cm³/mol. The van der Waals surface area contributed by atoms with E-state index in [1.165, 1.54) is 11.8 Å². The molecule has 1 rings (SSSR count). The number of halogens is 5. The van der Waals surface area contributed by atoms with Gasteiger partial charge in [0.15, 0.2) is 0 Å². The third-order valence-electron chi connectivity index (χ3n) is 2.89. The molecule has 0 heterocycles. The SMILES string of the molecule is FC(F)(F)C(F)(F)CCCSCCCCOc1ccccc1. The lowest BCUT2D eigenvalue weighted by Gasteiger charge is -2.19. The van der Waals surface area contributed by atoms with Gasteiger partial charge in [-0.15, -0.1) is 0 Å². The average Bonchev–Trinajstić information content (AvgIpc) is 2.45. The van der Waals surface area contributed by atoms with Crippen LogP contribution in [0.3, 0.4) is 0 Å². The van der Waals surface area contributed by atoms with Gasteiger partial charge in [-0.2, -0.15) is 33.7 Å². The van der Waals surface area contributed by atoms with Gasteiger partial charge in [0.2, 0.25) is 0 Å². The first-order valence-corrected chi connectivity index (χ1v) is 8.18. The molecular weight excluding hydrogens is 323 g/mol. The van der Waals surface area contributed by atoms with Gasteiger partial charge < -0.3 is 4.74 Å². The number of thioether (sulfide) groups is 1. The van der Waals surface area contributed by atoms with E-state index in [9.17, 15) is 22.0 Å². The van der Waals surface area contributed by atoms with E-state index in [0.717, 1.165) is 24.3 Å². The number of benzene rings is 1. The van der Waals surface area contributed by atoms with Crippen molar-refractivity contribution in [2.75, 3.05) is 18.1 Å². The number of ether oxygens (including phenoxy) is 1. The van der Waals surface area contributed by atoms with Crippen LogP contribution in [0.5, 0.6) is 5.75 Å². The topological polar surface area (TPSA) is 9.23 Å². The molecule has 1 nitrogen and oxygen atoms in total. The maximum atomic E-state index is 12.6. The van der Waals surface area contributed by atoms with Crippen molar-refractivity contribution < 1.29 is 26.7 Å². The summed E-state index contributed by atoms with van der Waals surface area (Å²) in [7, 11) is 0. The van der Waals surface area contributed by atoms with Gasteiger partial charge in [-0.05, 0) is 42.9 Å². The summed E-state index contributed by atoms with van der Waals surface area (Å²) in [6.45, 7) is 0.566. The summed E-state index contributed by atoms with van der Waals surface area (Å²) in [5.41, 5.74) is 0. The highest BCUT2D eigenvalue weighted by Gasteiger charge is 2.56. The van der Waals surface area contributed by atoms with Crippen LogP contribution >= 0.6 is 11.8 Å². The highest BCUT2D eigenvalue weighted by Crippen LogP contribution is 2.39. The first-order chi connectivity index (χ1) is 10.3. The molecule has 1 aromatic carbocycles. The van der Waals surface area contributed by atoms with Crippen molar-refractivity contribution >= 4 is 11.8 Å². The zero-order chi connectivity index (χ0) is 16.5. The van der Waals surface area contributed by atoms with Gasteiger partial charge in [0.1, 0.15) is 5.75 Å². The van der Waals surface area contributed by atoms with E-state index in [1.807, 2.05) is 30.3 Å². The fourth-order valence-electron chi connectivity index (χ4n) is 1.65. The quantitative estimate of drug-likeness (QED) is 0.407. The Morgan fingerprint density at radius 3 is 2.14 bits per heavy atom. The number of hydrogen-bond donors (Lipinski definition) is 0. The lowest BCUT2D eigenvalue weighted by molar-refractivity contribution is -0.284. The summed E-state index contributed by atoms with van der Waals surface area (Å²) >= 11 is 1.39. The van der Waals surface area contributed by atoms with Crippen molar-refractivity contribution in [2.45, 2.75) is 37.8 Å². The standard InChI is InChI=1S/C15H19F5OS/c16-14(17,15(18,19)20)9-6-12-22-11-5-4-10-21-13-7-2-1-3-8-13/h1-3,7-8H,4-6,9-12H2. The molecule has 0 saturated heterocycles.